The van der Waals surface area contributed by atoms with Gasteiger partial charge in [0.1, 0.15) is 25.3 Å². The van der Waals surface area contributed by atoms with Crippen molar-refractivity contribution in [1.29, 1.82) is 0 Å². The number of hydrogen-bond donors (Lipinski definition) is 0. The zero-order chi connectivity index (χ0) is 41.0. The molecule has 4 aromatic rings. The van der Waals surface area contributed by atoms with Crippen molar-refractivity contribution in [2.75, 3.05) is 18.0 Å². The van der Waals surface area contributed by atoms with E-state index in [4.69, 9.17) is 0 Å². The zero-order valence-corrected chi connectivity index (χ0v) is 43.2. The Balaban J connectivity index is 0.000000205. The summed E-state index contributed by atoms with van der Waals surface area (Å²) in [7, 11) is 0.385. The van der Waals surface area contributed by atoms with E-state index in [2.05, 4.69) is 141 Å². The van der Waals surface area contributed by atoms with Crippen LogP contribution in [0.1, 0.15) is 138 Å². The van der Waals surface area contributed by atoms with Gasteiger partial charge in [0.15, 0.2) is 0 Å². The van der Waals surface area contributed by atoms with E-state index >= 15 is 0 Å². The van der Waals surface area contributed by atoms with Gasteiger partial charge in [-0.1, -0.05) is 164 Å². The molecule has 9 rings (SSSR count). The average Bonchev–Trinajstić information content (AvgIpc) is 3.91. The molecule has 1 aliphatic heterocycles. The summed E-state index contributed by atoms with van der Waals surface area (Å²) in [6, 6.07) is 32.1. The van der Waals surface area contributed by atoms with Crippen LogP contribution in [0.25, 0.3) is 11.3 Å². The van der Waals surface area contributed by atoms with E-state index in [1.165, 1.54) is 90.6 Å². The van der Waals surface area contributed by atoms with Crippen molar-refractivity contribution in [3.05, 3.63) is 135 Å². The summed E-state index contributed by atoms with van der Waals surface area (Å²) < 4.78 is 2.32. The van der Waals surface area contributed by atoms with Crippen LogP contribution < -0.4 is 27.7 Å². The molecule has 0 atom stereocenters. The minimum Gasteiger partial charge on any atom is -1.00 e. The van der Waals surface area contributed by atoms with E-state index in [-0.39, 0.29) is 44.3 Å². The van der Waals surface area contributed by atoms with Crippen LogP contribution in [-0.2, 0) is 26.0 Å². The van der Waals surface area contributed by atoms with Crippen LogP contribution in [-0.4, -0.2) is 46.2 Å². The number of fused-ring (bicyclic) bond motifs is 1. The molecule has 0 aromatic heterocycles. The number of hydrogen-bond acceptors (Lipinski definition) is 2. The third-order valence-electron chi connectivity index (χ3n) is 13.1. The van der Waals surface area contributed by atoms with Gasteiger partial charge in [-0.25, -0.2) is 9.48 Å². The van der Waals surface area contributed by atoms with Crippen LogP contribution in [0.4, 0.5) is 5.69 Å². The number of allylic oxidation sites excluding steroid dienone is 1. The molecule has 3 fully saturated rings. The number of rotatable bonds is 9. The van der Waals surface area contributed by atoms with Gasteiger partial charge in [-0.3, -0.25) is 0 Å². The molecule has 0 amide bonds. The molecular formula is C55H72Cl2N2PRuS+. The van der Waals surface area contributed by atoms with Gasteiger partial charge >= 0.3 is 25.8 Å². The Kier molecular flexibility index (Phi) is 22.6. The molecule has 4 aliphatic carbocycles. The second kappa shape index (κ2) is 26.7. The quantitative estimate of drug-likeness (QED) is 0.0714. The summed E-state index contributed by atoms with van der Waals surface area (Å²) in [5, 5.41) is 3.07. The number of benzene rings is 4. The van der Waals surface area contributed by atoms with Crippen molar-refractivity contribution >= 4 is 55.4 Å². The maximum absolute atomic E-state index is 3.59. The predicted octanol–water partition coefficient (Wildman–Crippen LogP) is 10.8. The number of nitrogens with zero attached hydrogens (tertiary/aromatic N) is 2. The molecule has 0 bridgehead atoms. The van der Waals surface area contributed by atoms with E-state index in [0.717, 1.165) is 19.6 Å². The minimum absolute atomic E-state index is 0. The van der Waals surface area contributed by atoms with Crippen LogP contribution in [0.2, 0.25) is 0 Å². The Morgan fingerprint density at radius 1 is 0.694 bits per heavy atom. The Morgan fingerprint density at radius 3 is 1.77 bits per heavy atom. The van der Waals surface area contributed by atoms with Crippen LogP contribution >= 0.6 is 32.1 Å². The number of thioether (sulfide) groups is 1. The molecule has 4 aromatic carbocycles. The van der Waals surface area contributed by atoms with E-state index in [9.17, 15) is 0 Å². The van der Waals surface area contributed by atoms with Crippen LogP contribution in [0.15, 0.2) is 102 Å². The second-order valence-corrected chi connectivity index (χ2v) is 22.8. The summed E-state index contributed by atoms with van der Waals surface area (Å²) in [6.07, 6.45) is 29.3. The van der Waals surface area contributed by atoms with Crippen molar-refractivity contribution in [3.63, 3.8) is 0 Å². The van der Waals surface area contributed by atoms with Crippen LogP contribution in [0, 0.1) is 20.8 Å². The van der Waals surface area contributed by atoms with Crippen LogP contribution in [0.3, 0.4) is 0 Å². The number of halogens is 2. The molecular weight excluding hydrogens is 924 g/mol. The second-order valence-electron chi connectivity index (χ2n) is 18.1. The SMILES string of the molecule is C1=CC(c2ccccc2)=c2ccccc2=1.C1CCC(P(C2CCCCC2)C2CCCCC2)CC1.Cc1cc(C)c(N2[C]=[N+](Cc3ccccc3SC(C)C)CC2)c(C)c1.Cl.[Cl-].[Ru+]. The Hall–Kier alpha value is -2.15. The average molecular weight is 996 g/mol. The van der Waals surface area contributed by atoms with E-state index in [0.29, 0.717) is 13.2 Å². The Bertz CT molecular complexity index is 2100. The fourth-order valence-electron chi connectivity index (χ4n) is 10.5. The number of anilines is 1. The zero-order valence-electron chi connectivity index (χ0n) is 38.2. The molecule has 0 N–H and O–H groups in total. The smallest absolute Gasteiger partial charge is 1.00 e. The first-order valence-electron chi connectivity index (χ1n) is 23.3. The van der Waals surface area contributed by atoms with E-state index < -0.39 is 0 Å². The third-order valence-corrected chi connectivity index (χ3v) is 18.3. The van der Waals surface area contributed by atoms with Gasteiger partial charge in [0.2, 0.25) is 0 Å². The van der Waals surface area contributed by atoms with Crippen molar-refractivity contribution in [3.8, 4) is 0 Å². The fourth-order valence-corrected chi connectivity index (χ4v) is 16.2. The van der Waals surface area contributed by atoms with Gasteiger partial charge in [0.25, 0.3) is 0 Å². The topological polar surface area (TPSA) is 6.25 Å². The normalized spacial score (nSPS) is 17.6. The molecule has 62 heavy (non-hydrogen) atoms. The molecule has 0 spiro atoms. The summed E-state index contributed by atoms with van der Waals surface area (Å²) in [5.74, 6) is 0. The van der Waals surface area contributed by atoms with Crippen LogP contribution in [0.5, 0.6) is 0 Å². The van der Waals surface area contributed by atoms with Gasteiger partial charge in [-0.05, 0) is 122 Å². The molecule has 0 saturated heterocycles. The summed E-state index contributed by atoms with van der Waals surface area (Å²) in [6.45, 7) is 14.0. The predicted molar refractivity (Wildman–Crippen MR) is 267 cm³/mol. The molecule has 5 aliphatic rings. The first kappa shape index (κ1) is 52.5. The first-order chi connectivity index (χ1) is 28.8. The first-order valence-corrected chi connectivity index (χ1v) is 25.8. The van der Waals surface area contributed by atoms with Gasteiger partial charge in [0.05, 0.1) is 0 Å². The van der Waals surface area contributed by atoms with E-state index in [1.54, 1.807) is 77.0 Å². The van der Waals surface area contributed by atoms with Crippen molar-refractivity contribution < 1.29 is 36.5 Å². The van der Waals surface area contributed by atoms with Gasteiger partial charge in [0, 0.05) is 20.9 Å². The summed E-state index contributed by atoms with van der Waals surface area (Å²) >= 11 is 1.94. The summed E-state index contributed by atoms with van der Waals surface area (Å²) in [5.41, 5.74) is 16.1. The minimum atomic E-state index is 0. The molecule has 0 unspecified atom stereocenters. The summed E-state index contributed by atoms with van der Waals surface area (Å²) in [4.78, 5) is 3.68. The fraction of sp³-hybridized carbons (Fsp3) is 0.491. The molecule has 3 saturated carbocycles. The monoisotopic (exact) mass is 995 g/mol. The molecule has 334 valence electrons. The molecule has 2 radical (unpaired) electrons. The molecule has 7 heteroatoms. The number of aryl methyl sites for hydroxylation is 3. The van der Waals surface area contributed by atoms with Gasteiger partial charge < -0.3 is 12.4 Å². The molecule has 1 heterocycles. The van der Waals surface area contributed by atoms with E-state index in [1.807, 2.05) is 23.9 Å². The van der Waals surface area contributed by atoms with Crippen molar-refractivity contribution in [2.24, 2.45) is 0 Å². The third kappa shape index (κ3) is 14.4. The maximum atomic E-state index is 3.59. The maximum Gasteiger partial charge on any atom is 1.00 e. The Labute approximate surface area is 407 Å². The van der Waals surface area contributed by atoms with Crippen molar-refractivity contribution in [2.45, 2.75) is 165 Å². The standard InChI is InChI=1S/C22H28N2S.C18H33P.C15H10.2ClH.Ru/c1-16(2)25-21-9-7-6-8-20(21)14-23-10-11-24(15-23)22-18(4)12-17(3)13-19(22)5;1-4-10-16(11-5-1)19(17-12-6-2-7-13-17)18-14-8-3-9-15-18;1-2-6-12(7-3-1)15-11-10-13-8-4-5-9-14(13)15;;;/h6-9,12-13,16H,10-11,14H2,1-5H3;16-18H,1-15H2;1-9,11H;2*1H;/q+1;;;;;+1/p-1. The van der Waals surface area contributed by atoms with Gasteiger partial charge in [-0.15, -0.1) is 29.9 Å². The van der Waals surface area contributed by atoms with Gasteiger partial charge in [-0.2, -0.15) is 0 Å². The molecule has 2 nitrogen and oxygen atoms in total. The largest absolute Gasteiger partial charge is 1.00 e. The van der Waals surface area contributed by atoms with Crippen molar-refractivity contribution in [1.82, 2.24) is 0 Å². The Morgan fingerprint density at radius 2 is 1.21 bits per heavy atom.